The molecule has 0 spiro atoms. The van der Waals surface area contributed by atoms with Gasteiger partial charge in [0.2, 0.25) is 11.8 Å². The minimum Gasteiger partial charge on any atom is -0.497 e. The maximum atomic E-state index is 12.9. The topological polar surface area (TPSA) is 97.0 Å². The Kier molecular flexibility index (Phi) is 5.77. The van der Waals surface area contributed by atoms with E-state index < -0.39 is 18.0 Å². The van der Waals surface area contributed by atoms with Gasteiger partial charge in [-0.15, -0.1) is 11.8 Å². The number of rotatable bonds is 6. The standard InChI is InChI=1S/C22H23N3O5S/c1-12(19(26)24-16-9-8-13(29-2)10-18(16)30-3)23-20(27)17-11-31-22-15-7-5-4-6-14(15)21(28)25(17)22/h4-10,12,17,22H,11H2,1-3H3,(H,23,27)(H,24,26). The van der Waals surface area contributed by atoms with Gasteiger partial charge in [-0.25, -0.2) is 0 Å². The highest BCUT2D eigenvalue weighted by Crippen LogP contribution is 2.48. The highest BCUT2D eigenvalue weighted by molar-refractivity contribution is 7.99. The van der Waals surface area contributed by atoms with Crippen LogP contribution in [0.3, 0.4) is 0 Å². The van der Waals surface area contributed by atoms with Gasteiger partial charge in [-0.05, 0) is 30.7 Å². The number of hydrogen-bond acceptors (Lipinski definition) is 6. The van der Waals surface area contributed by atoms with Gasteiger partial charge in [0.25, 0.3) is 5.91 Å². The first kappa shape index (κ1) is 21.0. The average molecular weight is 442 g/mol. The Morgan fingerprint density at radius 1 is 1.16 bits per heavy atom. The van der Waals surface area contributed by atoms with Crippen LogP contribution in [-0.2, 0) is 9.59 Å². The Morgan fingerprint density at radius 3 is 2.68 bits per heavy atom. The van der Waals surface area contributed by atoms with E-state index in [0.29, 0.717) is 28.5 Å². The predicted octanol–water partition coefficient (Wildman–Crippen LogP) is 2.42. The Balaban J connectivity index is 1.41. The van der Waals surface area contributed by atoms with Crippen LogP contribution in [0.1, 0.15) is 28.2 Å². The van der Waals surface area contributed by atoms with E-state index in [0.717, 1.165) is 5.56 Å². The van der Waals surface area contributed by atoms with Crippen LogP contribution in [0.2, 0.25) is 0 Å². The molecule has 2 N–H and O–H groups in total. The zero-order valence-electron chi connectivity index (χ0n) is 17.4. The quantitative estimate of drug-likeness (QED) is 0.715. The van der Waals surface area contributed by atoms with E-state index in [9.17, 15) is 14.4 Å². The molecule has 0 radical (unpaired) electrons. The Bertz CT molecular complexity index is 1040. The van der Waals surface area contributed by atoms with Crippen LogP contribution < -0.4 is 20.1 Å². The lowest BCUT2D eigenvalue weighted by Gasteiger charge is -2.24. The minimum atomic E-state index is -0.802. The third-order valence-corrected chi connectivity index (χ3v) is 6.72. The van der Waals surface area contributed by atoms with E-state index in [1.807, 2.05) is 18.2 Å². The molecule has 4 rings (SSSR count). The fourth-order valence-corrected chi connectivity index (χ4v) is 5.23. The minimum absolute atomic E-state index is 0.147. The zero-order chi connectivity index (χ0) is 22.1. The molecule has 0 aromatic heterocycles. The van der Waals surface area contributed by atoms with Crippen LogP contribution >= 0.6 is 11.8 Å². The van der Waals surface area contributed by atoms with Crippen molar-refractivity contribution in [2.24, 2.45) is 0 Å². The molecule has 1 fully saturated rings. The third kappa shape index (κ3) is 3.81. The number of anilines is 1. The number of benzene rings is 2. The lowest BCUT2D eigenvalue weighted by Crippen LogP contribution is -2.51. The molecule has 2 aromatic carbocycles. The van der Waals surface area contributed by atoms with Gasteiger partial charge in [-0.1, -0.05) is 18.2 Å². The molecule has 1 saturated heterocycles. The molecule has 0 saturated carbocycles. The second-order valence-electron chi connectivity index (χ2n) is 7.29. The zero-order valence-corrected chi connectivity index (χ0v) is 18.2. The fourth-order valence-electron chi connectivity index (χ4n) is 3.76. The highest BCUT2D eigenvalue weighted by Gasteiger charge is 2.48. The van der Waals surface area contributed by atoms with Crippen molar-refractivity contribution in [2.45, 2.75) is 24.4 Å². The second kappa shape index (κ2) is 8.50. The number of ether oxygens (including phenoxy) is 2. The van der Waals surface area contributed by atoms with Crippen LogP contribution in [0.4, 0.5) is 5.69 Å². The molecule has 162 valence electrons. The second-order valence-corrected chi connectivity index (χ2v) is 8.40. The molecule has 2 heterocycles. The summed E-state index contributed by atoms with van der Waals surface area (Å²) in [5, 5.41) is 5.34. The van der Waals surface area contributed by atoms with Crippen molar-refractivity contribution in [2.75, 3.05) is 25.3 Å². The van der Waals surface area contributed by atoms with Crippen LogP contribution in [-0.4, -0.2) is 54.7 Å². The molecule has 3 unspecified atom stereocenters. The van der Waals surface area contributed by atoms with Crippen LogP contribution in [0, 0.1) is 0 Å². The normalized spacial score (nSPS) is 20.0. The van der Waals surface area contributed by atoms with Crippen molar-refractivity contribution in [3.63, 3.8) is 0 Å². The Hall–Kier alpha value is -3.20. The Morgan fingerprint density at radius 2 is 1.94 bits per heavy atom. The van der Waals surface area contributed by atoms with Gasteiger partial charge in [-0.3, -0.25) is 14.4 Å². The van der Waals surface area contributed by atoms with Gasteiger partial charge >= 0.3 is 0 Å². The van der Waals surface area contributed by atoms with Crippen molar-refractivity contribution in [1.82, 2.24) is 10.2 Å². The molecule has 2 aliphatic rings. The monoisotopic (exact) mass is 441 g/mol. The smallest absolute Gasteiger partial charge is 0.256 e. The predicted molar refractivity (Wildman–Crippen MR) is 117 cm³/mol. The molecule has 9 heteroatoms. The van der Waals surface area contributed by atoms with Gasteiger partial charge in [0.1, 0.15) is 29.0 Å². The molecular formula is C22H23N3O5S. The van der Waals surface area contributed by atoms with Crippen LogP contribution in [0.5, 0.6) is 11.5 Å². The van der Waals surface area contributed by atoms with E-state index in [4.69, 9.17) is 9.47 Å². The molecule has 3 amide bonds. The first-order valence-corrected chi connectivity index (χ1v) is 10.9. The molecule has 31 heavy (non-hydrogen) atoms. The summed E-state index contributed by atoms with van der Waals surface area (Å²) in [6, 6.07) is 11.0. The molecule has 2 aromatic rings. The summed E-state index contributed by atoms with van der Waals surface area (Å²) < 4.78 is 10.4. The lowest BCUT2D eigenvalue weighted by atomic mass is 10.1. The third-order valence-electron chi connectivity index (χ3n) is 5.41. The summed E-state index contributed by atoms with van der Waals surface area (Å²) in [5.74, 6) is 0.640. The van der Waals surface area contributed by atoms with E-state index in [2.05, 4.69) is 10.6 Å². The molecule has 0 bridgehead atoms. The number of hydrogen-bond donors (Lipinski definition) is 2. The lowest BCUT2D eigenvalue weighted by molar-refractivity contribution is -0.128. The molecule has 8 nitrogen and oxygen atoms in total. The maximum Gasteiger partial charge on any atom is 0.256 e. The number of fused-ring (bicyclic) bond motifs is 3. The number of nitrogens with one attached hydrogen (secondary N) is 2. The molecular weight excluding hydrogens is 418 g/mol. The SMILES string of the molecule is COc1ccc(NC(=O)C(C)NC(=O)C2CSC3c4ccccc4C(=O)N23)c(OC)c1. The molecule has 2 aliphatic heterocycles. The van der Waals surface area contributed by atoms with Gasteiger partial charge < -0.3 is 25.0 Å². The summed E-state index contributed by atoms with van der Waals surface area (Å²) in [6.45, 7) is 1.60. The van der Waals surface area contributed by atoms with Crippen molar-refractivity contribution in [3.05, 3.63) is 53.6 Å². The Labute approximate surface area is 184 Å². The number of amides is 3. The molecule has 3 atom stereocenters. The number of carbonyl (C=O) groups is 3. The summed E-state index contributed by atoms with van der Waals surface area (Å²) in [4.78, 5) is 40.0. The summed E-state index contributed by atoms with van der Waals surface area (Å²) >= 11 is 1.56. The van der Waals surface area contributed by atoms with Crippen molar-refractivity contribution in [1.29, 1.82) is 0 Å². The number of carbonyl (C=O) groups excluding carboxylic acids is 3. The maximum absolute atomic E-state index is 12.9. The van der Waals surface area contributed by atoms with Crippen LogP contribution in [0.25, 0.3) is 0 Å². The van der Waals surface area contributed by atoms with Crippen molar-refractivity contribution < 1.29 is 23.9 Å². The van der Waals surface area contributed by atoms with Crippen molar-refractivity contribution >= 4 is 35.2 Å². The first-order valence-electron chi connectivity index (χ1n) is 9.81. The van der Waals surface area contributed by atoms with E-state index in [1.165, 1.54) is 7.11 Å². The largest absolute Gasteiger partial charge is 0.497 e. The van der Waals surface area contributed by atoms with E-state index in [-0.39, 0.29) is 17.2 Å². The summed E-state index contributed by atoms with van der Waals surface area (Å²) in [6.07, 6.45) is 0. The number of thioether (sulfide) groups is 1. The highest BCUT2D eigenvalue weighted by atomic mass is 32.2. The first-order chi connectivity index (χ1) is 14.9. The van der Waals surface area contributed by atoms with E-state index >= 15 is 0 Å². The summed E-state index contributed by atoms with van der Waals surface area (Å²) in [7, 11) is 3.04. The number of methoxy groups -OCH3 is 2. The van der Waals surface area contributed by atoms with Crippen LogP contribution in [0.15, 0.2) is 42.5 Å². The number of nitrogens with zero attached hydrogens (tertiary/aromatic N) is 1. The van der Waals surface area contributed by atoms with Gasteiger partial charge in [0.15, 0.2) is 0 Å². The van der Waals surface area contributed by atoms with Gasteiger partial charge in [-0.2, -0.15) is 0 Å². The van der Waals surface area contributed by atoms with Gasteiger partial charge in [0.05, 0.1) is 19.9 Å². The fraction of sp³-hybridized carbons (Fsp3) is 0.318. The van der Waals surface area contributed by atoms with Crippen molar-refractivity contribution in [3.8, 4) is 11.5 Å². The van der Waals surface area contributed by atoms with Gasteiger partial charge in [0, 0.05) is 17.4 Å². The molecule has 0 aliphatic carbocycles. The van der Waals surface area contributed by atoms with E-state index in [1.54, 1.807) is 55.0 Å². The average Bonchev–Trinajstić information content (AvgIpc) is 3.34. The summed E-state index contributed by atoms with van der Waals surface area (Å²) in [5.41, 5.74) is 2.04.